The molecule has 0 aromatic heterocycles. The average Bonchev–Trinajstić information content (AvgIpc) is 2.66. The fraction of sp³-hybridized carbons (Fsp3) is 0.550. The second kappa shape index (κ2) is 12.1. The lowest BCUT2D eigenvalue weighted by Gasteiger charge is -2.22. The van der Waals surface area contributed by atoms with Crippen LogP contribution in [-0.4, -0.2) is 58.9 Å². The third kappa shape index (κ3) is 6.17. The van der Waals surface area contributed by atoms with Crippen molar-refractivity contribution in [2.75, 3.05) is 48.0 Å². The summed E-state index contributed by atoms with van der Waals surface area (Å²) in [6.45, 7) is 8.28. The number of ether oxygens (including phenoxy) is 3. The van der Waals surface area contributed by atoms with E-state index in [0.29, 0.717) is 23.8 Å². The maximum absolute atomic E-state index is 5.54. The van der Waals surface area contributed by atoms with Gasteiger partial charge in [-0.15, -0.1) is 6.58 Å². The number of nitrogens with zero attached hydrogens (tertiary/aromatic N) is 2. The van der Waals surface area contributed by atoms with Crippen LogP contribution in [-0.2, 0) is 6.42 Å². The molecule has 146 valence electrons. The van der Waals surface area contributed by atoms with Gasteiger partial charge in [0.25, 0.3) is 0 Å². The predicted molar refractivity (Wildman–Crippen MR) is 108 cm³/mol. The van der Waals surface area contributed by atoms with Gasteiger partial charge in [0, 0.05) is 32.2 Å². The lowest BCUT2D eigenvalue weighted by atomic mass is 10.1. The molecule has 6 heteroatoms. The van der Waals surface area contributed by atoms with Crippen LogP contribution in [0.2, 0.25) is 0 Å². The summed E-state index contributed by atoms with van der Waals surface area (Å²) in [5.74, 6) is 2.89. The van der Waals surface area contributed by atoms with E-state index in [1.807, 2.05) is 18.2 Å². The molecule has 0 bridgehead atoms. The smallest absolute Gasteiger partial charge is 0.203 e. The van der Waals surface area contributed by atoms with Crippen molar-refractivity contribution in [2.24, 2.45) is 4.99 Å². The molecule has 0 saturated heterocycles. The molecule has 1 aromatic carbocycles. The monoisotopic (exact) mass is 363 g/mol. The van der Waals surface area contributed by atoms with Gasteiger partial charge in [-0.05, 0) is 32.3 Å². The zero-order valence-corrected chi connectivity index (χ0v) is 16.8. The Morgan fingerprint density at radius 1 is 1.19 bits per heavy atom. The molecular formula is C20H33N3O3. The van der Waals surface area contributed by atoms with Crippen molar-refractivity contribution in [3.8, 4) is 17.2 Å². The number of allylic oxidation sites excluding steroid dienone is 1. The molecule has 0 radical (unpaired) electrons. The van der Waals surface area contributed by atoms with Crippen molar-refractivity contribution in [1.29, 1.82) is 0 Å². The Hall–Kier alpha value is -2.37. The van der Waals surface area contributed by atoms with E-state index in [1.54, 1.807) is 21.3 Å². The minimum absolute atomic E-state index is 0.616. The zero-order chi connectivity index (χ0) is 19.4. The Morgan fingerprint density at radius 2 is 1.92 bits per heavy atom. The molecule has 6 nitrogen and oxygen atoms in total. The van der Waals surface area contributed by atoms with Crippen molar-refractivity contribution < 1.29 is 14.2 Å². The molecule has 0 aliphatic rings. The summed E-state index contributed by atoms with van der Waals surface area (Å²) in [6, 6.07) is 3.89. The fourth-order valence-corrected chi connectivity index (χ4v) is 2.69. The van der Waals surface area contributed by atoms with E-state index < -0.39 is 0 Å². The maximum Gasteiger partial charge on any atom is 0.203 e. The summed E-state index contributed by atoms with van der Waals surface area (Å²) in [5.41, 5.74) is 1.04. The van der Waals surface area contributed by atoms with Crippen molar-refractivity contribution in [3.05, 3.63) is 30.4 Å². The van der Waals surface area contributed by atoms with E-state index in [4.69, 9.17) is 19.2 Å². The molecule has 0 spiro atoms. The van der Waals surface area contributed by atoms with Crippen LogP contribution in [0, 0.1) is 0 Å². The summed E-state index contributed by atoms with van der Waals surface area (Å²) in [6.07, 6.45) is 4.76. The SMILES string of the molecule is C=CCCCN(C)C(=NCCc1ccc(OC)c(OC)c1OC)NCC. The number of hydrogen-bond acceptors (Lipinski definition) is 4. The molecule has 0 unspecified atom stereocenters. The van der Waals surface area contributed by atoms with E-state index in [2.05, 4.69) is 30.8 Å². The first-order valence-electron chi connectivity index (χ1n) is 9.01. The molecule has 0 saturated carbocycles. The van der Waals surface area contributed by atoms with Gasteiger partial charge in [0.2, 0.25) is 5.75 Å². The molecular weight excluding hydrogens is 330 g/mol. The van der Waals surface area contributed by atoms with Gasteiger partial charge >= 0.3 is 0 Å². The van der Waals surface area contributed by atoms with Gasteiger partial charge < -0.3 is 24.4 Å². The molecule has 0 aliphatic heterocycles. The number of methoxy groups -OCH3 is 3. The van der Waals surface area contributed by atoms with Crippen molar-refractivity contribution in [1.82, 2.24) is 10.2 Å². The molecule has 0 aliphatic carbocycles. The van der Waals surface area contributed by atoms with Crippen molar-refractivity contribution in [3.63, 3.8) is 0 Å². The Bertz CT molecular complexity index is 588. The van der Waals surface area contributed by atoms with E-state index in [1.165, 1.54) is 0 Å². The zero-order valence-electron chi connectivity index (χ0n) is 16.8. The topological polar surface area (TPSA) is 55.3 Å². The summed E-state index contributed by atoms with van der Waals surface area (Å²) in [4.78, 5) is 6.89. The number of guanidine groups is 1. The Morgan fingerprint density at radius 3 is 2.50 bits per heavy atom. The highest BCUT2D eigenvalue weighted by atomic mass is 16.5. The molecule has 0 fully saturated rings. The largest absolute Gasteiger partial charge is 0.493 e. The number of hydrogen-bond donors (Lipinski definition) is 1. The van der Waals surface area contributed by atoms with Crippen LogP contribution in [0.4, 0.5) is 0 Å². The van der Waals surface area contributed by atoms with Crippen LogP contribution in [0.15, 0.2) is 29.8 Å². The highest BCUT2D eigenvalue weighted by Crippen LogP contribution is 2.39. The number of rotatable bonds is 11. The fourth-order valence-electron chi connectivity index (χ4n) is 2.69. The summed E-state index contributed by atoms with van der Waals surface area (Å²) >= 11 is 0. The van der Waals surface area contributed by atoms with Gasteiger partial charge in [-0.2, -0.15) is 0 Å². The molecule has 1 aromatic rings. The first-order chi connectivity index (χ1) is 12.6. The Balaban J connectivity index is 2.84. The Kier molecular flexibility index (Phi) is 10.1. The van der Waals surface area contributed by atoms with Crippen LogP contribution < -0.4 is 19.5 Å². The highest BCUT2D eigenvalue weighted by molar-refractivity contribution is 5.79. The second-order valence-corrected chi connectivity index (χ2v) is 5.83. The van der Waals surface area contributed by atoms with Crippen LogP contribution in [0.25, 0.3) is 0 Å². The standard InChI is InChI=1S/C20H33N3O3/c1-7-9-10-15-23(3)20(21-8-2)22-14-13-16-11-12-17(24-4)19(26-6)18(16)25-5/h7,11-12H,1,8-10,13-15H2,2-6H3,(H,21,22). The van der Waals surface area contributed by atoms with Crippen LogP contribution in [0.1, 0.15) is 25.3 Å². The van der Waals surface area contributed by atoms with Gasteiger partial charge in [-0.3, -0.25) is 4.99 Å². The molecule has 1 N–H and O–H groups in total. The van der Waals surface area contributed by atoms with Crippen LogP contribution in [0.5, 0.6) is 17.2 Å². The van der Waals surface area contributed by atoms with E-state index in [0.717, 1.165) is 43.9 Å². The van der Waals surface area contributed by atoms with Crippen LogP contribution in [0.3, 0.4) is 0 Å². The molecule has 0 heterocycles. The molecule has 0 atom stereocenters. The van der Waals surface area contributed by atoms with E-state index in [-0.39, 0.29) is 0 Å². The van der Waals surface area contributed by atoms with Crippen molar-refractivity contribution >= 4 is 5.96 Å². The quantitative estimate of drug-likeness (QED) is 0.283. The normalized spacial score (nSPS) is 11.0. The minimum atomic E-state index is 0.616. The van der Waals surface area contributed by atoms with E-state index >= 15 is 0 Å². The lowest BCUT2D eigenvalue weighted by Crippen LogP contribution is -2.39. The average molecular weight is 364 g/mol. The molecule has 26 heavy (non-hydrogen) atoms. The number of nitrogens with one attached hydrogen (secondary N) is 1. The third-order valence-corrected chi connectivity index (χ3v) is 4.03. The minimum Gasteiger partial charge on any atom is -0.493 e. The van der Waals surface area contributed by atoms with Gasteiger partial charge in [0.1, 0.15) is 0 Å². The van der Waals surface area contributed by atoms with E-state index in [9.17, 15) is 0 Å². The summed E-state index contributed by atoms with van der Waals surface area (Å²) in [7, 11) is 6.93. The predicted octanol–water partition coefficient (Wildman–Crippen LogP) is 3.12. The molecule has 1 rings (SSSR count). The third-order valence-electron chi connectivity index (χ3n) is 4.03. The Labute approximate surface area is 157 Å². The molecule has 0 amide bonds. The maximum atomic E-state index is 5.54. The number of benzene rings is 1. The first-order valence-corrected chi connectivity index (χ1v) is 9.01. The number of aliphatic imine (C=N–C) groups is 1. The van der Waals surface area contributed by atoms with Crippen molar-refractivity contribution in [2.45, 2.75) is 26.2 Å². The highest BCUT2D eigenvalue weighted by Gasteiger charge is 2.15. The van der Waals surface area contributed by atoms with Gasteiger partial charge in [0.15, 0.2) is 17.5 Å². The summed E-state index contributed by atoms with van der Waals surface area (Å²) in [5, 5.41) is 3.34. The van der Waals surface area contributed by atoms with Crippen LogP contribution >= 0.6 is 0 Å². The second-order valence-electron chi connectivity index (χ2n) is 5.83. The number of unbranched alkanes of at least 4 members (excludes halogenated alkanes) is 1. The van der Waals surface area contributed by atoms with Gasteiger partial charge in [-0.1, -0.05) is 12.1 Å². The van der Waals surface area contributed by atoms with Gasteiger partial charge in [-0.25, -0.2) is 0 Å². The first kappa shape index (κ1) is 21.7. The lowest BCUT2D eigenvalue weighted by molar-refractivity contribution is 0.322. The van der Waals surface area contributed by atoms with Gasteiger partial charge in [0.05, 0.1) is 21.3 Å². The summed E-state index contributed by atoms with van der Waals surface area (Å²) < 4.78 is 16.3.